The van der Waals surface area contributed by atoms with Gasteiger partial charge in [0.05, 0.1) is 5.41 Å². The number of allylic oxidation sites excluding steroid dienone is 1. The van der Waals surface area contributed by atoms with Crippen molar-refractivity contribution in [2.75, 3.05) is 26.2 Å². The summed E-state index contributed by atoms with van der Waals surface area (Å²) in [5.41, 5.74) is -0.838. The smallest absolute Gasteiger partial charge is 0.320 e. The third-order valence-electron chi connectivity index (χ3n) is 4.21. The Labute approximate surface area is 113 Å². The second kappa shape index (κ2) is 5.63. The molecule has 0 aromatic heterocycles. The van der Waals surface area contributed by atoms with E-state index in [2.05, 4.69) is 6.58 Å². The number of rotatable bonds is 3. The molecule has 1 unspecified atom stereocenters. The number of carboxylic acids is 1. The highest BCUT2D eigenvalue weighted by Gasteiger charge is 2.43. The van der Waals surface area contributed by atoms with Gasteiger partial charge in [-0.3, -0.25) is 4.79 Å². The van der Waals surface area contributed by atoms with Gasteiger partial charge in [-0.15, -0.1) is 6.58 Å². The first-order valence-corrected chi connectivity index (χ1v) is 6.97. The fourth-order valence-electron chi connectivity index (χ4n) is 3.11. The molecule has 2 aliphatic heterocycles. The standard InChI is InChI=1S/C14H22N2O3/c1-2-6-14(12(17)18)7-5-10-16(11-14)13(19)15-8-3-4-9-15/h2H,1,3-11H2,(H,17,18). The molecule has 19 heavy (non-hydrogen) atoms. The molecule has 0 aromatic rings. The Bertz CT molecular complexity index is 377. The van der Waals surface area contributed by atoms with E-state index in [-0.39, 0.29) is 6.03 Å². The first-order chi connectivity index (χ1) is 9.09. The molecule has 0 spiro atoms. The van der Waals surface area contributed by atoms with Crippen molar-refractivity contribution in [2.24, 2.45) is 5.41 Å². The van der Waals surface area contributed by atoms with E-state index in [1.165, 1.54) is 0 Å². The maximum absolute atomic E-state index is 12.3. The first-order valence-electron chi connectivity index (χ1n) is 6.97. The van der Waals surface area contributed by atoms with Gasteiger partial charge in [-0.2, -0.15) is 0 Å². The van der Waals surface area contributed by atoms with E-state index in [9.17, 15) is 14.7 Å². The predicted molar refractivity (Wildman–Crippen MR) is 71.9 cm³/mol. The van der Waals surface area contributed by atoms with Crippen molar-refractivity contribution in [3.05, 3.63) is 12.7 Å². The summed E-state index contributed by atoms with van der Waals surface area (Å²) in [5.74, 6) is -0.814. The quantitative estimate of drug-likeness (QED) is 0.794. The largest absolute Gasteiger partial charge is 0.481 e. The van der Waals surface area contributed by atoms with Crippen LogP contribution in [0.1, 0.15) is 32.1 Å². The zero-order chi connectivity index (χ0) is 13.9. The molecule has 1 atom stereocenters. The summed E-state index contributed by atoms with van der Waals surface area (Å²) < 4.78 is 0. The molecule has 2 amide bonds. The molecule has 2 aliphatic rings. The highest BCUT2D eigenvalue weighted by molar-refractivity contribution is 5.79. The van der Waals surface area contributed by atoms with Crippen molar-refractivity contribution in [2.45, 2.75) is 32.1 Å². The van der Waals surface area contributed by atoms with Crippen LogP contribution < -0.4 is 0 Å². The minimum absolute atomic E-state index is 0.00638. The molecule has 0 saturated carbocycles. The Balaban J connectivity index is 2.08. The fraction of sp³-hybridized carbons (Fsp3) is 0.714. The lowest BCUT2D eigenvalue weighted by Crippen LogP contribution is -2.53. The van der Waals surface area contributed by atoms with Crippen LogP contribution in [0.4, 0.5) is 4.79 Å². The van der Waals surface area contributed by atoms with E-state index in [1.54, 1.807) is 11.0 Å². The molecule has 5 heteroatoms. The molecule has 2 fully saturated rings. The molecule has 0 bridgehead atoms. The Morgan fingerprint density at radius 3 is 2.37 bits per heavy atom. The minimum atomic E-state index is -0.838. The molecular weight excluding hydrogens is 244 g/mol. The van der Waals surface area contributed by atoms with Crippen molar-refractivity contribution in [3.63, 3.8) is 0 Å². The van der Waals surface area contributed by atoms with E-state index in [4.69, 9.17) is 0 Å². The number of hydrogen-bond acceptors (Lipinski definition) is 2. The number of urea groups is 1. The average molecular weight is 266 g/mol. The van der Waals surface area contributed by atoms with Crippen LogP contribution in [0.2, 0.25) is 0 Å². The molecule has 106 valence electrons. The van der Waals surface area contributed by atoms with E-state index in [1.807, 2.05) is 4.90 Å². The van der Waals surface area contributed by atoms with Crippen molar-refractivity contribution < 1.29 is 14.7 Å². The lowest BCUT2D eigenvalue weighted by atomic mass is 9.77. The molecule has 0 aliphatic carbocycles. The summed E-state index contributed by atoms with van der Waals surface area (Å²) in [6.07, 6.45) is 5.55. The summed E-state index contributed by atoms with van der Waals surface area (Å²) in [5, 5.41) is 9.49. The van der Waals surface area contributed by atoms with Crippen LogP contribution in [-0.2, 0) is 4.79 Å². The molecule has 0 radical (unpaired) electrons. The van der Waals surface area contributed by atoms with Crippen molar-refractivity contribution in [1.82, 2.24) is 9.80 Å². The lowest BCUT2D eigenvalue weighted by Gasteiger charge is -2.40. The Morgan fingerprint density at radius 2 is 1.79 bits per heavy atom. The summed E-state index contributed by atoms with van der Waals surface area (Å²) in [7, 11) is 0. The number of carboxylic acid groups (broad SMARTS) is 1. The molecule has 2 heterocycles. The average Bonchev–Trinajstić information content (AvgIpc) is 2.92. The van der Waals surface area contributed by atoms with Crippen LogP contribution in [-0.4, -0.2) is 53.1 Å². The van der Waals surface area contributed by atoms with Gasteiger partial charge in [0.25, 0.3) is 0 Å². The number of nitrogens with zero attached hydrogens (tertiary/aromatic N) is 2. The topological polar surface area (TPSA) is 60.9 Å². The van der Waals surface area contributed by atoms with E-state index in [0.29, 0.717) is 25.9 Å². The number of likely N-dealkylation sites (tertiary alicyclic amines) is 2. The third kappa shape index (κ3) is 2.74. The summed E-state index contributed by atoms with van der Waals surface area (Å²) in [4.78, 5) is 27.5. The van der Waals surface area contributed by atoms with Gasteiger partial charge in [-0.05, 0) is 32.1 Å². The van der Waals surface area contributed by atoms with E-state index < -0.39 is 11.4 Å². The van der Waals surface area contributed by atoms with E-state index in [0.717, 1.165) is 32.4 Å². The number of carbonyl (C=O) groups is 2. The maximum Gasteiger partial charge on any atom is 0.320 e. The van der Waals surface area contributed by atoms with Gasteiger partial charge in [0.15, 0.2) is 0 Å². The second-order valence-electron chi connectivity index (χ2n) is 5.58. The number of amides is 2. The first kappa shape index (κ1) is 13.9. The summed E-state index contributed by atoms with van der Waals surface area (Å²) in [6, 6.07) is 0.00638. The molecule has 5 nitrogen and oxygen atoms in total. The Hall–Kier alpha value is -1.52. The monoisotopic (exact) mass is 266 g/mol. The number of aliphatic carboxylic acids is 1. The molecular formula is C14H22N2O3. The van der Waals surface area contributed by atoms with Crippen LogP contribution in [0.5, 0.6) is 0 Å². The third-order valence-corrected chi connectivity index (χ3v) is 4.21. The van der Waals surface area contributed by atoms with Crippen molar-refractivity contribution in [1.29, 1.82) is 0 Å². The number of carbonyl (C=O) groups excluding carboxylic acids is 1. The van der Waals surface area contributed by atoms with Crippen LogP contribution in [0, 0.1) is 5.41 Å². The van der Waals surface area contributed by atoms with Crippen molar-refractivity contribution in [3.8, 4) is 0 Å². The normalized spacial score (nSPS) is 27.4. The fourth-order valence-corrected chi connectivity index (χ4v) is 3.11. The molecule has 0 aromatic carbocycles. The zero-order valence-corrected chi connectivity index (χ0v) is 11.3. The molecule has 1 N–H and O–H groups in total. The SMILES string of the molecule is C=CCC1(C(=O)O)CCCN(C(=O)N2CCCC2)C1. The van der Waals surface area contributed by atoms with Crippen LogP contribution in [0.3, 0.4) is 0 Å². The second-order valence-corrected chi connectivity index (χ2v) is 5.58. The van der Waals surface area contributed by atoms with Gasteiger partial charge in [0.1, 0.15) is 0 Å². The van der Waals surface area contributed by atoms with Crippen molar-refractivity contribution >= 4 is 12.0 Å². The Morgan fingerprint density at radius 1 is 1.16 bits per heavy atom. The van der Waals surface area contributed by atoms with Gasteiger partial charge in [-0.25, -0.2) is 4.79 Å². The summed E-state index contributed by atoms with van der Waals surface area (Å²) >= 11 is 0. The van der Waals surface area contributed by atoms with Gasteiger partial charge >= 0.3 is 12.0 Å². The minimum Gasteiger partial charge on any atom is -0.481 e. The van der Waals surface area contributed by atoms with Crippen LogP contribution in [0.15, 0.2) is 12.7 Å². The van der Waals surface area contributed by atoms with E-state index >= 15 is 0 Å². The van der Waals surface area contributed by atoms with Crippen LogP contribution in [0.25, 0.3) is 0 Å². The predicted octanol–water partition coefficient (Wildman–Crippen LogP) is 1.95. The van der Waals surface area contributed by atoms with Gasteiger partial charge in [0, 0.05) is 26.2 Å². The van der Waals surface area contributed by atoms with Crippen LogP contribution >= 0.6 is 0 Å². The highest BCUT2D eigenvalue weighted by atomic mass is 16.4. The lowest BCUT2D eigenvalue weighted by molar-refractivity contribution is -0.151. The number of hydrogen-bond donors (Lipinski definition) is 1. The summed E-state index contributed by atoms with van der Waals surface area (Å²) in [6.45, 7) is 6.23. The Kier molecular flexibility index (Phi) is 4.12. The zero-order valence-electron chi connectivity index (χ0n) is 11.3. The highest BCUT2D eigenvalue weighted by Crippen LogP contribution is 2.34. The van der Waals surface area contributed by atoms with Gasteiger partial charge in [0.2, 0.25) is 0 Å². The maximum atomic E-state index is 12.3. The number of piperidine rings is 1. The molecule has 2 rings (SSSR count). The molecule has 2 saturated heterocycles. The van der Waals surface area contributed by atoms with Gasteiger partial charge in [-0.1, -0.05) is 6.08 Å². The van der Waals surface area contributed by atoms with Gasteiger partial charge < -0.3 is 14.9 Å².